The lowest BCUT2D eigenvalue weighted by molar-refractivity contribution is -0.0265. The number of carbonyl (C=O) groups is 1. The van der Waals surface area contributed by atoms with Gasteiger partial charge >= 0.3 is 6.03 Å². The molecule has 26 heavy (non-hydrogen) atoms. The largest absolute Gasteiger partial charge is 0.383 e. The summed E-state index contributed by atoms with van der Waals surface area (Å²) < 4.78 is 5.31. The van der Waals surface area contributed by atoms with E-state index >= 15 is 0 Å². The van der Waals surface area contributed by atoms with Gasteiger partial charge in [0.2, 0.25) is 0 Å². The number of aromatic nitrogens is 1. The summed E-state index contributed by atoms with van der Waals surface area (Å²) in [5, 5.41) is 14.1. The quantitative estimate of drug-likeness (QED) is 0.840. The first-order chi connectivity index (χ1) is 12.6. The number of nitrogens with zero attached hydrogens (tertiary/aromatic N) is 4. The van der Waals surface area contributed by atoms with Crippen molar-refractivity contribution in [3.05, 3.63) is 16.1 Å². The highest BCUT2D eigenvalue weighted by molar-refractivity contribution is 7.09. The van der Waals surface area contributed by atoms with E-state index in [2.05, 4.69) is 18.7 Å². The van der Waals surface area contributed by atoms with Crippen molar-refractivity contribution >= 4 is 17.4 Å². The molecule has 0 aliphatic carbocycles. The zero-order chi connectivity index (χ0) is 18.6. The minimum atomic E-state index is -0.917. The Hall–Kier alpha value is -1.22. The first kappa shape index (κ1) is 19.5. The number of amides is 2. The van der Waals surface area contributed by atoms with Crippen LogP contribution < -0.4 is 0 Å². The summed E-state index contributed by atoms with van der Waals surface area (Å²) in [6.45, 7) is 10.8. The van der Waals surface area contributed by atoms with Crippen molar-refractivity contribution in [2.24, 2.45) is 0 Å². The fourth-order valence-electron chi connectivity index (χ4n) is 3.51. The van der Waals surface area contributed by atoms with Gasteiger partial charge in [0, 0.05) is 31.6 Å². The van der Waals surface area contributed by atoms with Gasteiger partial charge in [-0.05, 0) is 25.9 Å². The fourth-order valence-corrected chi connectivity index (χ4v) is 4.44. The van der Waals surface area contributed by atoms with Crippen LogP contribution in [0.25, 0.3) is 0 Å². The number of likely N-dealkylation sites (tertiary alicyclic amines) is 1. The first-order valence-electron chi connectivity index (χ1n) is 9.57. The maximum Gasteiger partial charge on any atom is 0.320 e. The number of urea groups is 1. The zero-order valence-corrected chi connectivity index (χ0v) is 16.6. The lowest BCUT2D eigenvalue weighted by Gasteiger charge is -2.40. The van der Waals surface area contributed by atoms with Gasteiger partial charge < -0.3 is 19.6 Å². The van der Waals surface area contributed by atoms with Gasteiger partial charge in [0.25, 0.3) is 0 Å². The highest BCUT2D eigenvalue weighted by Gasteiger charge is 2.38. The van der Waals surface area contributed by atoms with Gasteiger partial charge in [0.05, 0.1) is 25.5 Å². The summed E-state index contributed by atoms with van der Waals surface area (Å²) >= 11 is 1.62. The van der Waals surface area contributed by atoms with Gasteiger partial charge in [-0.1, -0.05) is 13.8 Å². The molecule has 2 aliphatic heterocycles. The molecule has 2 fully saturated rings. The van der Waals surface area contributed by atoms with Crippen molar-refractivity contribution in [1.82, 2.24) is 19.7 Å². The van der Waals surface area contributed by atoms with E-state index < -0.39 is 5.60 Å². The van der Waals surface area contributed by atoms with Gasteiger partial charge in [-0.3, -0.25) is 4.90 Å². The minimum Gasteiger partial charge on any atom is -0.383 e. The number of thiazole rings is 1. The van der Waals surface area contributed by atoms with Gasteiger partial charge in [-0.25, -0.2) is 9.78 Å². The Morgan fingerprint density at radius 2 is 1.85 bits per heavy atom. The van der Waals surface area contributed by atoms with Crippen LogP contribution in [0, 0.1) is 0 Å². The fraction of sp³-hybridized carbons (Fsp3) is 0.778. The highest BCUT2D eigenvalue weighted by Crippen LogP contribution is 2.34. The third-order valence-electron chi connectivity index (χ3n) is 5.42. The summed E-state index contributed by atoms with van der Waals surface area (Å²) in [6, 6.07) is 0.0656. The second-order valence-electron chi connectivity index (χ2n) is 6.99. The Kier molecular flexibility index (Phi) is 6.50. The molecule has 7 nitrogen and oxygen atoms in total. The van der Waals surface area contributed by atoms with Crippen molar-refractivity contribution < 1.29 is 14.6 Å². The molecule has 146 valence electrons. The Bertz CT molecular complexity index is 591. The molecule has 2 aliphatic rings. The molecule has 3 rings (SSSR count). The van der Waals surface area contributed by atoms with Crippen LogP contribution in [0.5, 0.6) is 0 Å². The van der Waals surface area contributed by atoms with Gasteiger partial charge in [-0.15, -0.1) is 11.3 Å². The Morgan fingerprint density at radius 3 is 2.46 bits per heavy atom. The topological polar surface area (TPSA) is 69.1 Å². The molecule has 8 heteroatoms. The third kappa shape index (κ3) is 4.36. The molecule has 2 amide bonds. The summed E-state index contributed by atoms with van der Waals surface area (Å²) in [4.78, 5) is 23.3. The lowest BCUT2D eigenvalue weighted by Crippen LogP contribution is -2.52. The maximum absolute atomic E-state index is 12.6. The summed E-state index contributed by atoms with van der Waals surface area (Å²) in [7, 11) is 0. The van der Waals surface area contributed by atoms with Crippen LogP contribution in [-0.2, 0) is 16.9 Å². The van der Waals surface area contributed by atoms with E-state index in [9.17, 15) is 9.90 Å². The van der Waals surface area contributed by atoms with Crippen LogP contribution in [0.15, 0.2) is 5.38 Å². The number of hydrogen-bond donors (Lipinski definition) is 1. The predicted octanol–water partition coefficient (Wildman–Crippen LogP) is 1.72. The Labute approximate surface area is 159 Å². The van der Waals surface area contributed by atoms with E-state index in [1.807, 2.05) is 15.2 Å². The molecule has 0 aromatic carbocycles. The second-order valence-corrected chi connectivity index (χ2v) is 7.93. The number of hydrogen-bond acceptors (Lipinski definition) is 6. The third-order valence-corrected chi connectivity index (χ3v) is 6.26. The smallest absolute Gasteiger partial charge is 0.320 e. The Balaban J connectivity index is 1.57. The number of carbonyl (C=O) groups excluding carboxylic acids is 1. The van der Waals surface area contributed by atoms with E-state index in [4.69, 9.17) is 9.72 Å². The standard InChI is InChI=1S/C18H30N4O3S/c1-3-20(4-2)13-16-19-15(14-26-16)18(24)5-7-21(8-6-18)17(23)22-9-11-25-12-10-22/h14,24H,3-13H2,1-2H3. The zero-order valence-electron chi connectivity index (χ0n) is 15.8. The van der Waals surface area contributed by atoms with E-state index in [1.54, 1.807) is 11.3 Å². The molecule has 1 N–H and O–H groups in total. The molecular formula is C18H30N4O3S. The monoisotopic (exact) mass is 382 g/mol. The van der Waals surface area contributed by atoms with E-state index in [0.29, 0.717) is 52.2 Å². The number of piperidine rings is 1. The predicted molar refractivity (Wildman–Crippen MR) is 101 cm³/mol. The van der Waals surface area contributed by atoms with Crippen LogP contribution in [0.4, 0.5) is 4.79 Å². The molecule has 0 unspecified atom stereocenters. The molecule has 0 bridgehead atoms. The number of morpholine rings is 1. The van der Waals surface area contributed by atoms with Crippen molar-refractivity contribution in [3.8, 4) is 0 Å². The summed E-state index contributed by atoms with van der Waals surface area (Å²) in [5.41, 5.74) is -0.150. The molecule has 2 saturated heterocycles. The van der Waals surface area contributed by atoms with Gasteiger partial charge in [0.1, 0.15) is 10.6 Å². The van der Waals surface area contributed by atoms with Crippen molar-refractivity contribution in [3.63, 3.8) is 0 Å². The van der Waals surface area contributed by atoms with E-state index in [-0.39, 0.29) is 6.03 Å². The second kappa shape index (κ2) is 8.65. The van der Waals surface area contributed by atoms with Gasteiger partial charge in [0.15, 0.2) is 0 Å². The molecule has 1 aromatic heterocycles. The minimum absolute atomic E-state index is 0.0656. The van der Waals surface area contributed by atoms with Crippen LogP contribution in [0.3, 0.4) is 0 Å². The highest BCUT2D eigenvalue weighted by atomic mass is 32.1. The van der Waals surface area contributed by atoms with Crippen LogP contribution in [-0.4, -0.2) is 83.3 Å². The first-order valence-corrected chi connectivity index (χ1v) is 10.4. The summed E-state index contributed by atoms with van der Waals surface area (Å²) in [6.07, 6.45) is 1.08. The van der Waals surface area contributed by atoms with Crippen LogP contribution >= 0.6 is 11.3 Å². The van der Waals surface area contributed by atoms with Crippen molar-refractivity contribution in [2.75, 3.05) is 52.5 Å². The molecule has 0 spiro atoms. The molecular weight excluding hydrogens is 352 g/mol. The summed E-state index contributed by atoms with van der Waals surface area (Å²) in [5.74, 6) is 0. The normalized spacial score (nSPS) is 20.6. The average molecular weight is 383 g/mol. The number of aliphatic hydroxyl groups is 1. The Morgan fingerprint density at radius 1 is 1.23 bits per heavy atom. The molecule has 3 heterocycles. The molecule has 1 aromatic rings. The average Bonchev–Trinajstić information content (AvgIpc) is 3.16. The van der Waals surface area contributed by atoms with Crippen LogP contribution in [0.2, 0.25) is 0 Å². The van der Waals surface area contributed by atoms with Crippen molar-refractivity contribution in [2.45, 2.75) is 38.8 Å². The lowest BCUT2D eigenvalue weighted by atomic mass is 9.89. The van der Waals surface area contributed by atoms with E-state index in [1.165, 1.54) is 0 Å². The molecule has 0 saturated carbocycles. The number of rotatable bonds is 5. The van der Waals surface area contributed by atoms with Crippen molar-refractivity contribution in [1.29, 1.82) is 0 Å². The maximum atomic E-state index is 12.6. The molecule has 0 radical (unpaired) electrons. The van der Waals surface area contributed by atoms with Crippen LogP contribution in [0.1, 0.15) is 37.4 Å². The number of ether oxygens (including phenoxy) is 1. The van der Waals surface area contributed by atoms with Gasteiger partial charge in [-0.2, -0.15) is 0 Å². The van der Waals surface area contributed by atoms with E-state index in [0.717, 1.165) is 30.3 Å². The molecule has 0 atom stereocenters. The SMILES string of the molecule is CCN(CC)Cc1nc(C2(O)CCN(C(=O)N3CCOCC3)CC2)cs1.